The van der Waals surface area contributed by atoms with Gasteiger partial charge in [-0.15, -0.1) is 0 Å². The first-order chi connectivity index (χ1) is 8.06. The summed E-state index contributed by atoms with van der Waals surface area (Å²) in [5.74, 6) is 0.150. The molecule has 0 saturated carbocycles. The summed E-state index contributed by atoms with van der Waals surface area (Å²) in [6.45, 7) is 7.36. The molecule has 2 atom stereocenters. The van der Waals surface area contributed by atoms with Gasteiger partial charge >= 0.3 is 0 Å². The fourth-order valence-electron chi connectivity index (χ4n) is 2.20. The summed E-state index contributed by atoms with van der Waals surface area (Å²) in [6.07, 6.45) is 0. The van der Waals surface area contributed by atoms with Gasteiger partial charge in [0.2, 0.25) is 0 Å². The second-order valence-electron chi connectivity index (χ2n) is 4.87. The minimum atomic E-state index is 0.150. The van der Waals surface area contributed by atoms with Crippen LogP contribution in [0.25, 0.3) is 0 Å². The molecule has 0 radical (unpaired) electrons. The van der Waals surface area contributed by atoms with Gasteiger partial charge in [-0.2, -0.15) is 0 Å². The maximum absolute atomic E-state index is 9.39. The van der Waals surface area contributed by atoms with Gasteiger partial charge in [-0.1, -0.05) is 17.7 Å². The standard InChI is InChI=1S/C13H19ClN2O/c1-9-7-16(10(2)6-15-9)8-11-3-4-13(17)12(14)5-11/h3-5,9-10,15,17H,6-8H2,1-2H3. The molecule has 1 fully saturated rings. The highest BCUT2D eigenvalue weighted by atomic mass is 35.5. The molecule has 1 aliphatic heterocycles. The Balaban J connectivity index is 2.06. The molecule has 0 bridgehead atoms. The first-order valence-electron chi connectivity index (χ1n) is 6.01. The van der Waals surface area contributed by atoms with Gasteiger partial charge in [-0.3, -0.25) is 4.90 Å². The molecule has 2 N–H and O–H groups in total. The Morgan fingerprint density at radius 2 is 2.24 bits per heavy atom. The van der Waals surface area contributed by atoms with Gasteiger partial charge < -0.3 is 10.4 Å². The third kappa shape index (κ3) is 3.12. The van der Waals surface area contributed by atoms with Crippen LogP contribution >= 0.6 is 11.6 Å². The predicted octanol–water partition coefficient (Wildman–Crippen LogP) is 2.23. The van der Waals surface area contributed by atoms with Crippen molar-refractivity contribution >= 4 is 11.6 Å². The molecule has 2 rings (SSSR count). The molecule has 3 nitrogen and oxygen atoms in total. The van der Waals surface area contributed by atoms with Crippen molar-refractivity contribution in [3.05, 3.63) is 28.8 Å². The molecule has 17 heavy (non-hydrogen) atoms. The van der Waals surface area contributed by atoms with E-state index in [1.165, 1.54) is 0 Å². The Morgan fingerprint density at radius 1 is 1.47 bits per heavy atom. The van der Waals surface area contributed by atoms with Crippen molar-refractivity contribution in [1.29, 1.82) is 0 Å². The Hall–Kier alpha value is -0.770. The van der Waals surface area contributed by atoms with Gasteiger partial charge in [0.1, 0.15) is 5.75 Å². The lowest BCUT2D eigenvalue weighted by Gasteiger charge is -2.37. The number of halogens is 1. The van der Waals surface area contributed by atoms with Gasteiger partial charge in [0.25, 0.3) is 0 Å². The zero-order chi connectivity index (χ0) is 12.4. The van der Waals surface area contributed by atoms with Gasteiger partial charge in [0.05, 0.1) is 5.02 Å². The fourth-order valence-corrected chi connectivity index (χ4v) is 2.40. The van der Waals surface area contributed by atoms with Crippen molar-refractivity contribution in [2.24, 2.45) is 0 Å². The monoisotopic (exact) mass is 254 g/mol. The van der Waals surface area contributed by atoms with E-state index in [0.29, 0.717) is 17.1 Å². The summed E-state index contributed by atoms with van der Waals surface area (Å²) in [5, 5.41) is 13.3. The molecule has 1 aromatic carbocycles. The Bertz CT molecular complexity index is 397. The van der Waals surface area contributed by atoms with E-state index in [0.717, 1.165) is 25.2 Å². The number of hydrogen-bond acceptors (Lipinski definition) is 3. The second-order valence-corrected chi connectivity index (χ2v) is 5.28. The van der Waals surface area contributed by atoms with E-state index in [9.17, 15) is 5.11 Å². The third-order valence-corrected chi connectivity index (χ3v) is 3.59. The molecule has 0 aliphatic carbocycles. The lowest BCUT2D eigenvalue weighted by Crippen LogP contribution is -2.53. The number of aromatic hydroxyl groups is 1. The molecular weight excluding hydrogens is 236 g/mol. The zero-order valence-corrected chi connectivity index (χ0v) is 11.0. The third-order valence-electron chi connectivity index (χ3n) is 3.29. The summed E-state index contributed by atoms with van der Waals surface area (Å²) >= 11 is 5.92. The average Bonchev–Trinajstić information content (AvgIpc) is 2.29. The Kier molecular flexibility index (Phi) is 3.92. The summed E-state index contributed by atoms with van der Waals surface area (Å²) < 4.78 is 0. The minimum Gasteiger partial charge on any atom is -0.506 e. The van der Waals surface area contributed by atoms with Crippen LogP contribution in [0.4, 0.5) is 0 Å². The number of nitrogens with zero attached hydrogens (tertiary/aromatic N) is 1. The second kappa shape index (κ2) is 5.25. The summed E-state index contributed by atoms with van der Waals surface area (Å²) in [7, 11) is 0. The highest BCUT2D eigenvalue weighted by molar-refractivity contribution is 6.32. The van der Waals surface area contributed by atoms with E-state index < -0.39 is 0 Å². The number of piperazine rings is 1. The average molecular weight is 255 g/mol. The SMILES string of the molecule is CC1CN(Cc2ccc(O)c(Cl)c2)C(C)CN1. The van der Waals surface area contributed by atoms with Gasteiger partial charge in [-0.25, -0.2) is 0 Å². The maximum Gasteiger partial charge on any atom is 0.134 e. The van der Waals surface area contributed by atoms with E-state index in [-0.39, 0.29) is 5.75 Å². The van der Waals surface area contributed by atoms with Crippen molar-refractivity contribution in [3.8, 4) is 5.75 Å². The highest BCUT2D eigenvalue weighted by Crippen LogP contribution is 2.24. The van der Waals surface area contributed by atoms with Crippen LogP contribution in [-0.4, -0.2) is 35.2 Å². The van der Waals surface area contributed by atoms with Crippen LogP contribution in [-0.2, 0) is 6.54 Å². The van der Waals surface area contributed by atoms with E-state index >= 15 is 0 Å². The number of rotatable bonds is 2. The number of phenolic OH excluding ortho intramolecular Hbond substituents is 1. The molecular formula is C13H19ClN2O. The van der Waals surface area contributed by atoms with E-state index in [2.05, 4.69) is 24.1 Å². The predicted molar refractivity (Wildman–Crippen MR) is 70.5 cm³/mol. The zero-order valence-electron chi connectivity index (χ0n) is 10.3. The molecule has 0 spiro atoms. The Morgan fingerprint density at radius 3 is 2.94 bits per heavy atom. The Labute approximate surface area is 107 Å². The van der Waals surface area contributed by atoms with Crippen molar-refractivity contribution in [3.63, 3.8) is 0 Å². The van der Waals surface area contributed by atoms with Crippen molar-refractivity contribution in [2.75, 3.05) is 13.1 Å². The lowest BCUT2D eigenvalue weighted by molar-refractivity contribution is 0.139. The molecule has 1 aliphatic rings. The molecule has 4 heteroatoms. The van der Waals surface area contributed by atoms with Crippen LogP contribution < -0.4 is 5.32 Å². The fraction of sp³-hybridized carbons (Fsp3) is 0.538. The van der Waals surface area contributed by atoms with Crippen molar-refractivity contribution in [2.45, 2.75) is 32.5 Å². The van der Waals surface area contributed by atoms with Gasteiger partial charge in [0, 0.05) is 31.7 Å². The number of hydrogen-bond donors (Lipinski definition) is 2. The molecule has 1 saturated heterocycles. The normalized spacial score (nSPS) is 26.1. The molecule has 94 valence electrons. The largest absolute Gasteiger partial charge is 0.506 e. The van der Waals surface area contributed by atoms with Crippen LogP contribution in [0.5, 0.6) is 5.75 Å². The van der Waals surface area contributed by atoms with Crippen LogP contribution in [0.15, 0.2) is 18.2 Å². The highest BCUT2D eigenvalue weighted by Gasteiger charge is 2.22. The molecule has 1 aromatic rings. The molecule has 0 aromatic heterocycles. The van der Waals surface area contributed by atoms with Crippen LogP contribution in [0.1, 0.15) is 19.4 Å². The first kappa shape index (κ1) is 12.7. The number of nitrogens with one attached hydrogen (secondary N) is 1. The molecule has 2 unspecified atom stereocenters. The number of phenols is 1. The topological polar surface area (TPSA) is 35.5 Å². The van der Waals surface area contributed by atoms with Gasteiger partial charge in [0.15, 0.2) is 0 Å². The lowest BCUT2D eigenvalue weighted by atomic mass is 10.1. The van der Waals surface area contributed by atoms with E-state index in [1.54, 1.807) is 6.07 Å². The molecule has 1 heterocycles. The van der Waals surface area contributed by atoms with Crippen molar-refractivity contribution in [1.82, 2.24) is 10.2 Å². The number of benzene rings is 1. The van der Waals surface area contributed by atoms with Crippen LogP contribution in [0.2, 0.25) is 5.02 Å². The van der Waals surface area contributed by atoms with E-state index in [4.69, 9.17) is 11.6 Å². The quantitative estimate of drug-likeness (QED) is 0.850. The summed E-state index contributed by atoms with van der Waals surface area (Å²) in [5.41, 5.74) is 1.15. The summed E-state index contributed by atoms with van der Waals surface area (Å²) in [6, 6.07) is 6.49. The maximum atomic E-state index is 9.39. The van der Waals surface area contributed by atoms with Crippen molar-refractivity contribution < 1.29 is 5.11 Å². The smallest absolute Gasteiger partial charge is 0.134 e. The minimum absolute atomic E-state index is 0.150. The van der Waals surface area contributed by atoms with E-state index in [1.807, 2.05) is 12.1 Å². The first-order valence-corrected chi connectivity index (χ1v) is 6.39. The van der Waals surface area contributed by atoms with Crippen LogP contribution in [0, 0.1) is 0 Å². The van der Waals surface area contributed by atoms with Gasteiger partial charge in [-0.05, 0) is 31.5 Å². The van der Waals surface area contributed by atoms with Crippen LogP contribution in [0.3, 0.4) is 0 Å². The molecule has 0 amide bonds. The summed E-state index contributed by atoms with van der Waals surface area (Å²) in [4.78, 5) is 2.43.